The fourth-order valence-electron chi connectivity index (χ4n) is 2.92. The van der Waals surface area contributed by atoms with Gasteiger partial charge in [-0.25, -0.2) is 4.98 Å². The second-order valence-electron chi connectivity index (χ2n) is 5.72. The molecule has 7 heteroatoms. The third kappa shape index (κ3) is 6.01. The molecule has 0 N–H and O–H groups in total. The van der Waals surface area contributed by atoms with Crippen LogP contribution >= 0.6 is 47.8 Å². The van der Waals surface area contributed by atoms with E-state index >= 15 is 0 Å². The predicted molar refractivity (Wildman–Crippen MR) is 105 cm³/mol. The molecule has 1 fully saturated rings. The minimum absolute atomic E-state index is 0. The Balaban J connectivity index is 0.00000144. The van der Waals surface area contributed by atoms with Gasteiger partial charge in [-0.05, 0) is 49.0 Å². The Morgan fingerprint density at radius 2 is 1.88 bits per heavy atom. The highest BCUT2D eigenvalue weighted by Gasteiger charge is 2.23. The molecule has 1 aromatic heterocycles. The van der Waals surface area contributed by atoms with Gasteiger partial charge in [0.25, 0.3) is 0 Å². The topological polar surface area (TPSA) is 33.2 Å². The van der Waals surface area contributed by atoms with Crippen LogP contribution in [0.3, 0.4) is 0 Å². The van der Waals surface area contributed by atoms with Crippen LogP contribution in [0.1, 0.15) is 34.2 Å². The van der Waals surface area contributed by atoms with Crippen molar-refractivity contribution in [2.24, 2.45) is 0 Å². The first-order valence-electron chi connectivity index (χ1n) is 7.60. The Kier molecular flexibility index (Phi) is 9.24. The summed E-state index contributed by atoms with van der Waals surface area (Å²) in [7, 11) is 0. The third-order valence-corrected chi connectivity index (χ3v) is 5.39. The quantitative estimate of drug-likeness (QED) is 0.683. The number of benzene rings is 1. The van der Waals surface area contributed by atoms with Crippen LogP contribution in [0.5, 0.6) is 0 Å². The lowest BCUT2D eigenvalue weighted by atomic mass is 9.96. The molecule has 1 aromatic carbocycles. The minimum Gasteiger partial charge on any atom is -0.295 e. The van der Waals surface area contributed by atoms with Gasteiger partial charge in [0.1, 0.15) is 0 Å². The lowest BCUT2D eigenvalue weighted by molar-refractivity contribution is -0.113. The van der Waals surface area contributed by atoms with Crippen LogP contribution < -0.4 is 0 Å². The number of carbonyl (C=O) groups is 1. The summed E-state index contributed by atoms with van der Waals surface area (Å²) in [5.74, 6) is 0.573. The summed E-state index contributed by atoms with van der Waals surface area (Å²) in [6.07, 6.45) is 5.11. The highest BCUT2D eigenvalue weighted by Crippen LogP contribution is 2.32. The van der Waals surface area contributed by atoms with Gasteiger partial charge in [-0.2, -0.15) is 0 Å². The monoisotopic (exact) mass is 406 g/mol. The van der Waals surface area contributed by atoms with Crippen LogP contribution in [0.2, 0.25) is 0 Å². The number of piperidine rings is 1. The molecule has 0 saturated carbocycles. The van der Waals surface area contributed by atoms with E-state index in [0.29, 0.717) is 12.5 Å². The Bertz CT molecular complexity index is 628. The number of nitrogens with zero attached hydrogens (tertiary/aromatic N) is 2. The number of hydrogen-bond donors (Lipinski definition) is 0. The first-order valence-corrected chi connectivity index (χ1v) is 8.79. The molecule has 1 aliphatic rings. The van der Waals surface area contributed by atoms with Crippen molar-refractivity contribution in [3.63, 3.8) is 0 Å². The fourth-order valence-corrected chi connectivity index (χ4v) is 4.21. The Morgan fingerprint density at radius 3 is 2.50 bits per heavy atom. The summed E-state index contributed by atoms with van der Waals surface area (Å²) in [6, 6.07) is 10.5. The van der Waals surface area contributed by atoms with Gasteiger partial charge in [0.15, 0.2) is 0 Å². The number of thiazole rings is 1. The number of likely N-dealkylation sites (tertiary alicyclic amines) is 1. The second-order valence-corrected chi connectivity index (χ2v) is 7.29. The van der Waals surface area contributed by atoms with Crippen molar-refractivity contribution in [1.82, 2.24) is 9.88 Å². The van der Waals surface area contributed by atoms with E-state index in [2.05, 4.69) is 34.1 Å². The zero-order valence-electron chi connectivity index (χ0n) is 13.2. The van der Waals surface area contributed by atoms with Crippen molar-refractivity contribution >= 4 is 53.0 Å². The largest absolute Gasteiger partial charge is 0.295 e. The number of carbonyl (C=O) groups excluding carboxylic acids is 1. The van der Waals surface area contributed by atoms with E-state index in [1.165, 1.54) is 15.4 Å². The SMILES string of the molecule is Cl.Cl.O=C(Cl)CN1CCC(c2cnc(Cc3ccccc3)s2)CC1. The van der Waals surface area contributed by atoms with Gasteiger partial charge in [0, 0.05) is 17.5 Å². The van der Waals surface area contributed by atoms with Crippen molar-refractivity contribution in [3.8, 4) is 0 Å². The molecule has 0 amide bonds. The maximum atomic E-state index is 11.0. The fraction of sp³-hybridized carbons (Fsp3) is 0.412. The molecule has 132 valence electrons. The Morgan fingerprint density at radius 1 is 1.21 bits per heavy atom. The summed E-state index contributed by atoms with van der Waals surface area (Å²) in [4.78, 5) is 19.1. The van der Waals surface area contributed by atoms with E-state index in [9.17, 15) is 4.79 Å². The molecule has 0 spiro atoms. The number of rotatable bonds is 5. The van der Waals surface area contributed by atoms with Gasteiger partial charge < -0.3 is 0 Å². The zero-order chi connectivity index (χ0) is 15.4. The lowest BCUT2D eigenvalue weighted by Gasteiger charge is -2.30. The molecule has 0 radical (unpaired) electrons. The van der Waals surface area contributed by atoms with E-state index < -0.39 is 0 Å². The molecule has 3 nitrogen and oxygen atoms in total. The van der Waals surface area contributed by atoms with Crippen LogP contribution in [0.15, 0.2) is 36.5 Å². The van der Waals surface area contributed by atoms with Gasteiger partial charge in [-0.1, -0.05) is 30.3 Å². The first-order chi connectivity index (χ1) is 10.7. The van der Waals surface area contributed by atoms with Crippen molar-refractivity contribution in [2.45, 2.75) is 25.2 Å². The molecule has 2 aromatic rings. The molecule has 0 bridgehead atoms. The third-order valence-electron chi connectivity index (χ3n) is 4.11. The summed E-state index contributed by atoms with van der Waals surface area (Å²) < 4.78 is 0. The lowest BCUT2D eigenvalue weighted by Crippen LogP contribution is -2.35. The molecule has 3 rings (SSSR count). The number of hydrogen-bond acceptors (Lipinski definition) is 4. The number of halogens is 3. The summed E-state index contributed by atoms with van der Waals surface area (Å²) in [5, 5.41) is 0.918. The zero-order valence-corrected chi connectivity index (χ0v) is 16.4. The molecule has 0 unspecified atom stereocenters. The van der Waals surface area contributed by atoms with Gasteiger partial charge in [0.05, 0.1) is 11.6 Å². The van der Waals surface area contributed by atoms with E-state index in [-0.39, 0.29) is 30.1 Å². The van der Waals surface area contributed by atoms with E-state index in [0.717, 1.165) is 32.4 Å². The molecular formula is C17H21Cl3N2OS. The average Bonchev–Trinajstić information content (AvgIpc) is 2.97. The average molecular weight is 408 g/mol. The molecule has 1 saturated heterocycles. The molecule has 0 aliphatic carbocycles. The van der Waals surface area contributed by atoms with Crippen LogP contribution in [0.4, 0.5) is 0 Å². The van der Waals surface area contributed by atoms with Crippen molar-refractivity contribution < 1.29 is 4.79 Å². The normalized spacial score (nSPS) is 15.4. The maximum Gasteiger partial charge on any atom is 0.235 e. The maximum absolute atomic E-state index is 11.0. The highest BCUT2D eigenvalue weighted by atomic mass is 35.5. The minimum atomic E-state index is -0.263. The van der Waals surface area contributed by atoms with Gasteiger partial charge >= 0.3 is 0 Å². The van der Waals surface area contributed by atoms with E-state index in [1.54, 1.807) is 0 Å². The summed E-state index contributed by atoms with van der Waals surface area (Å²) in [5.41, 5.74) is 1.30. The highest BCUT2D eigenvalue weighted by molar-refractivity contribution is 7.11. The van der Waals surface area contributed by atoms with Crippen LogP contribution in [-0.4, -0.2) is 34.8 Å². The van der Waals surface area contributed by atoms with Crippen LogP contribution in [-0.2, 0) is 11.2 Å². The van der Waals surface area contributed by atoms with Gasteiger partial charge in [-0.3, -0.25) is 9.69 Å². The van der Waals surface area contributed by atoms with E-state index in [1.807, 2.05) is 23.6 Å². The van der Waals surface area contributed by atoms with Crippen molar-refractivity contribution in [1.29, 1.82) is 0 Å². The summed E-state index contributed by atoms with van der Waals surface area (Å²) >= 11 is 7.28. The number of aromatic nitrogens is 1. The van der Waals surface area contributed by atoms with Crippen LogP contribution in [0.25, 0.3) is 0 Å². The molecular weight excluding hydrogens is 387 g/mol. The van der Waals surface area contributed by atoms with Crippen molar-refractivity contribution in [2.75, 3.05) is 19.6 Å². The standard InChI is InChI=1S/C17H19ClN2OS.2ClH/c18-16(21)12-20-8-6-14(7-9-20)15-11-19-17(22-15)10-13-4-2-1-3-5-13;;/h1-5,11,14H,6-10,12H2;2*1H. The van der Waals surface area contributed by atoms with Gasteiger partial charge in [0.2, 0.25) is 5.24 Å². The van der Waals surface area contributed by atoms with E-state index in [4.69, 9.17) is 11.6 Å². The molecule has 24 heavy (non-hydrogen) atoms. The Hall–Kier alpha value is -0.650. The van der Waals surface area contributed by atoms with Gasteiger partial charge in [-0.15, -0.1) is 36.2 Å². The summed E-state index contributed by atoms with van der Waals surface area (Å²) in [6.45, 7) is 2.25. The van der Waals surface area contributed by atoms with Crippen LogP contribution in [0, 0.1) is 0 Å². The first kappa shape index (κ1) is 21.4. The smallest absolute Gasteiger partial charge is 0.235 e. The molecule has 0 atom stereocenters. The predicted octanol–water partition coefficient (Wildman–Crippen LogP) is 4.52. The second kappa shape index (κ2) is 10.4. The Labute approximate surface area is 164 Å². The molecule has 2 heterocycles. The molecule has 1 aliphatic heterocycles. The van der Waals surface area contributed by atoms with Crippen molar-refractivity contribution in [3.05, 3.63) is 52.0 Å².